The van der Waals surface area contributed by atoms with Crippen molar-refractivity contribution in [2.75, 3.05) is 36.0 Å². The highest BCUT2D eigenvalue weighted by Gasteiger charge is 2.21. The second-order valence-electron chi connectivity index (χ2n) is 5.75. The van der Waals surface area contributed by atoms with Gasteiger partial charge in [0.2, 0.25) is 0 Å². The Hall–Kier alpha value is -2.21. The molecule has 1 fully saturated rings. The second-order valence-corrected chi connectivity index (χ2v) is 6.60. The van der Waals surface area contributed by atoms with Crippen LogP contribution >= 0.6 is 11.3 Å². The lowest BCUT2D eigenvalue weighted by atomic mass is 10.2. The van der Waals surface area contributed by atoms with Crippen molar-refractivity contribution in [2.45, 2.75) is 6.92 Å². The summed E-state index contributed by atoms with van der Waals surface area (Å²) in [5.74, 6) is 0.844. The number of nitrogens with zero attached hydrogens (tertiary/aromatic N) is 4. The van der Waals surface area contributed by atoms with Crippen LogP contribution in [0.5, 0.6) is 0 Å². The van der Waals surface area contributed by atoms with Crippen LogP contribution in [-0.2, 0) is 0 Å². The summed E-state index contributed by atoms with van der Waals surface area (Å²) < 4.78 is 13.1. The van der Waals surface area contributed by atoms with Gasteiger partial charge in [-0.15, -0.1) is 11.3 Å². The molecule has 0 radical (unpaired) electrons. The number of aromatic nitrogens is 2. The summed E-state index contributed by atoms with van der Waals surface area (Å²) in [5.41, 5.74) is 2.31. The molecule has 1 aliphatic heterocycles. The van der Waals surface area contributed by atoms with E-state index in [1.54, 1.807) is 17.7 Å². The van der Waals surface area contributed by atoms with Crippen molar-refractivity contribution in [3.63, 3.8) is 0 Å². The van der Waals surface area contributed by atoms with Crippen LogP contribution in [0.4, 0.5) is 15.9 Å². The molecule has 2 aromatic heterocycles. The minimum Gasteiger partial charge on any atom is -0.368 e. The first-order valence-corrected chi connectivity index (χ1v) is 8.54. The Bertz CT molecular complexity index is 822. The van der Waals surface area contributed by atoms with Gasteiger partial charge in [0.1, 0.15) is 22.8 Å². The topological polar surface area (TPSA) is 32.3 Å². The Morgan fingerprint density at radius 1 is 1.00 bits per heavy atom. The molecule has 0 amide bonds. The molecule has 0 spiro atoms. The van der Waals surface area contributed by atoms with Crippen LogP contribution in [0.15, 0.2) is 36.0 Å². The lowest BCUT2D eigenvalue weighted by Crippen LogP contribution is -2.46. The first kappa shape index (κ1) is 14.4. The van der Waals surface area contributed by atoms with Gasteiger partial charge in [-0.3, -0.25) is 0 Å². The van der Waals surface area contributed by atoms with Gasteiger partial charge >= 0.3 is 0 Å². The van der Waals surface area contributed by atoms with Gasteiger partial charge in [-0.2, -0.15) is 0 Å². The van der Waals surface area contributed by atoms with E-state index in [4.69, 9.17) is 0 Å². The van der Waals surface area contributed by atoms with Crippen LogP contribution in [0.25, 0.3) is 10.2 Å². The summed E-state index contributed by atoms with van der Waals surface area (Å²) in [6, 6.07) is 6.72. The predicted molar refractivity (Wildman–Crippen MR) is 93.0 cm³/mol. The molecular formula is C17H17FN4S. The van der Waals surface area contributed by atoms with E-state index in [-0.39, 0.29) is 5.82 Å². The first-order valence-electron chi connectivity index (χ1n) is 7.66. The van der Waals surface area contributed by atoms with Gasteiger partial charge in [0, 0.05) is 31.9 Å². The molecule has 0 aliphatic carbocycles. The maximum Gasteiger partial charge on any atom is 0.141 e. The van der Waals surface area contributed by atoms with Gasteiger partial charge < -0.3 is 9.80 Å². The number of rotatable bonds is 2. The van der Waals surface area contributed by atoms with E-state index in [2.05, 4.69) is 32.1 Å². The standard InChI is InChI=1S/C17H17FN4S/c1-12-10-23-17-15(12)16(19-11-20-17)22-8-6-21(7-9-22)14-4-2-13(18)3-5-14/h2-5,10-11H,6-9H2,1H3. The van der Waals surface area contributed by atoms with Crippen LogP contribution in [-0.4, -0.2) is 36.1 Å². The van der Waals surface area contributed by atoms with Crippen molar-refractivity contribution >= 4 is 33.1 Å². The lowest BCUT2D eigenvalue weighted by Gasteiger charge is -2.37. The Morgan fingerprint density at radius 2 is 1.70 bits per heavy atom. The Balaban J connectivity index is 1.55. The largest absolute Gasteiger partial charge is 0.368 e. The molecule has 0 atom stereocenters. The van der Waals surface area contributed by atoms with Gasteiger partial charge in [0.15, 0.2) is 0 Å². The average molecular weight is 328 g/mol. The Labute approximate surface area is 138 Å². The fourth-order valence-corrected chi connectivity index (χ4v) is 3.95. The van der Waals surface area contributed by atoms with Gasteiger partial charge in [-0.05, 0) is 42.1 Å². The third-order valence-electron chi connectivity index (χ3n) is 4.31. The van der Waals surface area contributed by atoms with Gasteiger partial charge in [0.25, 0.3) is 0 Å². The molecule has 4 rings (SSSR count). The number of halogens is 1. The zero-order valence-corrected chi connectivity index (χ0v) is 13.7. The monoisotopic (exact) mass is 328 g/mol. The van der Waals surface area contributed by atoms with Crippen molar-refractivity contribution < 1.29 is 4.39 Å². The minimum absolute atomic E-state index is 0.191. The number of hydrogen-bond acceptors (Lipinski definition) is 5. The molecule has 3 aromatic rings. The average Bonchev–Trinajstić information content (AvgIpc) is 2.97. The summed E-state index contributed by atoms with van der Waals surface area (Å²) in [4.78, 5) is 14.5. The number of anilines is 2. The van der Waals surface area contributed by atoms with E-state index in [0.29, 0.717) is 0 Å². The SMILES string of the molecule is Cc1csc2ncnc(N3CCN(c4ccc(F)cc4)CC3)c12. The minimum atomic E-state index is -0.191. The molecule has 1 aromatic carbocycles. The molecule has 0 saturated carbocycles. The second kappa shape index (κ2) is 5.77. The molecule has 4 nitrogen and oxygen atoms in total. The fraction of sp³-hybridized carbons (Fsp3) is 0.294. The summed E-state index contributed by atoms with van der Waals surface area (Å²) in [6.45, 7) is 5.72. The maximum absolute atomic E-state index is 13.1. The Kier molecular flexibility index (Phi) is 3.61. The number of benzene rings is 1. The van der Waals surface area contributed by atoms with E-state index < -0.39 is 0 Å². The first-order chi connectivity index (χ1) is 11.2. The van der Waals surface area contributed by atoms with Crippen molar-refractivity contribution in [1.82, 2.24) is 9.97 Å². The summed E-state index contributed by atoms with van der Waals surface area (Å²) in [5, 5.41) is 3.31. The predicted octanol–water partition coefficient (Wildman–Crippen LogP) is 3.47. The van der Waals surface area contributed by atoms with Crippen LogP contribution < -0.4 is 9.80 Å². The number of thiophene rings is 1. The quantitative estimate of drug-likeness (QED) is 0.721. The molecule has 1 saturated heterocycles. The van der Waals surface area contributed by atoms with Crippen molar-refractivity contribution in [1.29, 1.82) is 0 Å². The van der Waals surface area contributed by atoms with Crippen LogP contribution in [0.3, 0.4) is 0 Å². The number of aryl methyl sites for hydroxylation is 1. The molecule has 1 aliphatic rings. The van der Waals surface area contributed by atoms with Crippen LogP contribution in [0.2, 0.25) is 0 Å². The number of fused-ring (bicyclic) bond motifs is 1. The Morgan fingerprint density at radius 3 is 2.43 bits per heavy atom. The fourth-order valence-electron chi connectivity index (χ4n) is 3.07. The highest BCUT2D eigenvalue weighted by Crippen LogP contribution is 2.31. The van der Waals surface area contributed by atoms with E-state index in [1.807, 2.05) is 12.1 Å². The molecule has 6 heteroatoms. The molecule has 3 heterocycles. The van der Waals surface area contributed by atoms with Crippen LogP contribution in [0, 0.1) is 12.7 Å². The molecule has 118 valence electrons. The van der Waals surface area contributed by atoms with E-state index in [0.717, 1.165) is 42.5 Å². The molecule has 0 bridgehead atoms. The van der Waals surface area contributed by atoms with Crippen molar-refractivity contribution in [3.8, 4) is 0 Å². The molecule has 23 heavy (non-hydrogen) atoms. The van der Waals surface area contributed by atoms with E-state index in [9.17, 15) is 4.39 Å². The number of hydrogen-bond donors (Lipinski definition) is 0. The smallest absolute Gasteiger partial charge is 0.141 e. The maximum atomic E-state index is 13.1. The third kappa shape index (κ3) is 2.63. The van der Waals surface area contributed by atoms with Crippen molar-refractivity contribution in [3.05, 3.63) is 47.4 Å². The number of piperazine rings is 1. The highest BCUT2D eigenvalue weighted by atomic mass is 32.1. The van der Waals surface area contributed by atoms with E-state index in [1.165, 1.54) is 23.1 Å². The summed E-state index contributed by atoms with van der Waals surface area (Å²) in [7, 11) is 0. The van der Waals surface area contributed by atoms with Crippen molar-refractivity contribution in [2.24, 2.45) is 0 Å². The molecule has 0 N–H and O–H groups in total. The zero-order chi connectivity index (χ0) is 15.8. The molecule has 0 unspecified atom stereocenters. The highest BCUT2D eigenvalue weighted by molar-refractivity contribution is 7.17. The normalized spacial score (nSPS) is 15.4. The zero-order valence-electron chi connectivity index (χ0n) is 12.9. The third-order valence-corrected chi connectivity index (χ3v) is 5.31. The molecular weight excluding hydrogens is 311 g/mol. The van der Waals surface area contributed by atoms with Crippen LogP contribution in [0.1, 0.15) is 5.56 Å². The summed E-state index contributed by atoms with van der Waals surface area (Å²) >= 11 is 1.67. The van der Waals surface area contributed by atoms with Gasteiger partial charge in [-0.1, -0.05) is 0 Å². The van der Waals surface area contributed by atoms with Gasteiger partial charge in [0.05, 0.1) is 5.39 Å². The lowest BCUT2D eigenvalue weighted by molar-refractivity contribution is 0.624. The van der Waals surface area contributed by atoms with E-state index >= 15 is 0 Å². The summed E-state index contributed by atoms with van der Waals surface area (Å²) in [6.07, 6.45) is 1.65. The van der Waals surface area contributed by atoms with Gasteiger partial charge in [-0.25, -0.2) is 14.4 Å².